The van der Waals surface area contributed by atoms with E-state index in [0.29, 0.717) is 6.54 Å². The zero-order valence-corrected chi connectivity index (χ0v) is 10.2. The van der Waals surface area contributed by atoms with Gasteiger partial charge in [-0.1, -0.05) is 12.1 Å². The van der Waals surface area contributed by atoms with Crippen LogP contribution >= 0.6 is 0 Å². The first kappa shape index (κ1) is 11.4. The van der Waals surface area contributed by atoms with Gasteiger partial charge in [0.15, 0.2) is 0 Å². The van der Waals surface area contributed by atoms with Crippen LogP contribution in [0, 0.1) is 6.92 Å². The second-order valence-corrected chi connectivity index (χ2v) is 4.62. The molecule has 2 N–H and O–H groups in total. The molecule has 0 saturated carbocycles. The third kappa shape index (κ3) is 2.36. The van der Waals surface area contributed by atoms with E-state index in [1.165, 1.54) is 16.8 Å². The average Bonchev–Trinajstić information content (AvgIpc) is 2.30. The molecule has 1 heterocycles. The van der Waals surface area contributed by atoms with Crippen molar-refractivity contribution in [2.75, 3.05) is 38.1 Å². The fourth-order valence-corrected chi connectivity index (χ4v) is 2.25. The Labute approximate surface area is 97.8 Å². The molecule has 1 saturated heterocycles. The summed E-state index contributed by atoms with van der Waals surface area (Å²) in [6.07, 6.45) is 0. The molecule has 1 fully saturated rings. The number of hydrogen-bond acceptors (Lipinski definition) is 3. The molecule has 0 aliphatic carbocycles. The number of benzene rings is 1. The summed E-state index contributed by atoms with van der Waals surface area (Å²) < 4.78 is 0. The fourth-order valence-electron chi connectivity index (χ4n) is 2.25. The molecule has 0 atom stereocenters. The summed E-state index contributed by atoms with van der Waals surface area (Å²) in [6, 6.07) is 6.55. The van der Waals surface area contributed by atoms with Gasteiger partial charge in [-0.25, -0.2) is 0 Å². The van der Waals surface area contributed by atoms with Crippen LogP contribution < -0.4 is 10.6 Å². The van der Waals surface area contributed by atoms with Crippen molar-refractivity contribution >= 4 is 5.69 Å². The third-order valence-corrected chi connectivity index (χ3v) is 3.34. The largest absolute Gasteiger partial charge is 0.369 e. The SMILES string of the molecule is Cc1cc(CN)ccc1N1CCN(C)CC1. The Morgan fingerprint density at radius 1 is 1.19 bits per heavy atom. The first-order chi connectivity index (χ1) is 7.70. The summed E-state index contributed by atoms with van der Waals surface area (Å²) in [5.41, 5.74) is 9.57. The van der Waals surface area contributed by atoms with Crippen LogP contribution in [0.25, 0.3) is 0 Å². The van der Waals surface area contributed by atoms with Gasteiger partial charge in [0.2, 0.25) is 0 Å². The summed E-state index contributed by atoms with van der Waals surface area (Å²) in [4.78, 5) is 4.84. The molecular formula is C13H21N3. The van der Waals surface area contributed by atoms with E-state index in [2.05, 4.69) is 42.0 Å². The molecule has 0 aromatic heterocycles. The average molecular weight is 219 g/mol. The Bertz CT molecular complexity index is 354. The highest BCUT2D eigenvalue weighted by molar-refractivity contribution is 5.54. The maximum atomic E-state index is 5.65. The molecule has 16 heavy (non-hydrogen) atoms. The van der Waals surface area contributed by atoms with E-state index in [0.717, 1.165) is 26.2 Å². The van der Waals surface area contributed by atoms with Crippen molar-refractivity contribution in [2.45, 2.75) is 13.5 Å². The standard InChI is InChI=1S/C13H21N3/c1-11-9-12(10-14)3-4-13(11)16-7-5-15(2)6-8-16/h3-4,9H,5-8,10,14H2,1-2H3. The minimum absolute atomic E-state index is 0.629. The smallest absolute Gasteiger partial charge is 0.0397 e. The van der Waals surface area contributed by atoms with Crippen LogP contribution in [0.2, 0.25) is 0 Å². The number of aryl methyl sites for hydroxylation is 1. The zero-order valence-electron chi connectivity index (χ0n) is 10.2. The van der Waals surface area contributed by atoms with E-state index in [4.69, 9.17) is 5.73 Å². The van der Waals surface area contributed by atoms with Gasteiger partial charge in [0, 0.05) is 38.4 Å². The lowest BCUT2D eigenvalue weighted by atomic mass is 10.1. The summed E-state index contributed by atoms with van der Waals surface area (Å²) in [5.74, 6) is 0. The molecule has 3 heteroatoms. The molecule has 0 unspecified atom stereocenters. The van der Waals surface area contributed by atoms with Crippen molar-refractivity contribution in [2.24, 2.45) is 5.73 Å². The van der Waals surface area contributed by atoms with Crippen LogP contribution in [0.3, 0.4) is 0 Å². The van der Waals surface area contributed by atoms with Gasteiger partial charge in [0.05, 0.1) is 0 Å². The fraction of sp³-hybridized carbons (Fsp3) is 0.538. The number of piperazine rings is 1. The van der Waals surface area contributed by atoms with Gasteiger partial charge < -0.3 is 15.5 Å². The Morgan fingerprint density at radius 3 is 2.44 bits per heavy atom. The molecule has 3 nitrogen and oxygen atoms in total. The van der Waals surface area contributed by atoms with Gasteiger partial charge in [-0.2, -0.15) is 0 Å². The second-order valence-electron chi connectivity index (χ2n) is 4.62. The molecule has 1 aromatic rings. The normalized spacial score (nSPS) is 17.8. The van der Waals surface area contributed by atoms with E-state index in [1.807, 2.05) is 0 Å². The molecule has 1 aliphatic rings. The van der Waals surface area contributed by atoms with Crippen molar-refractivity contribution in [3.05, 3.63) is 29.3 Å². The van der Waals surface area contributed by atoms with E-state index in [9.17, 15) is 0 Å². The third-order valence-electron chi connectivity index (χ3n) is 3.34. The lowest BCUT2D eigenvalue weighted by molar-refractivity contribution is 0.312. The highest BCUT2D eigenvalue weighted by Gasteiger charge is 2.15. The quantitative estimate of drug-likeness (QED) is 0.811. The van der Waals surface area contributed by atoms with Crippen LogP contribution in [-0.2, 0) is 6.54 Å². The van der Waals surface area contributed by atoms with Gasteiger partial charge in [-0.15, -0.1) is 0 Å². The number of nitrogens with two attached hydrogens (primary N) is 1. The molecular weight excluding hydrogens is 198 g/mol. The van der Waals surface area contributed by atoms with Crippen LogP contribution in [0.5, 0.6) is 0 Å². The molecule has 0 amide bonds. The molecule has 88 valence electrons. The van der Waals surface area contributed by atoms with E-state index < -0.39 is 0 Å². The Hall–Kier alpha value is -1.06. The van der Waals surface area contributed by atoms with Crippen molar-refractivity contribution in [3.63, 3.8) is 0 Å². The Kier molecular flexibility index (Phi) is 3.46. The van der Waals surface area contributed by atoms with Crippen molar-refractivity contribution in [1.29, 1.82) is 0 Å². The highest BCUT2D eigenvalue weighted by Crippen LogP contribution is 2.22. The monoisotopic (exact) mass is 219 g/mol. The maximum absolute atomic E-state index is 5.65. The van der Waals surface area contributed by atoms with Gasteiger partial charge in [-0.3, -0.25) is 0 Å². The lowest BCUT2D eigenvalue weighted by Crippen LogP contribution is -2.44. The lowest BCUT2D eigenvalue weighted by Gasteiger charge is -2.35. The number of nitrogens with zero attached hydrogens (tertiary/aromatic N) is 2. The number of hydrogen-bond donors (Lipinski definition) is 1. The molecule has 0 radical (unpaired) electrons. The second kappa shape index (κ2) is 4.85. The maximum Gasteiger partial charge on any atom is 0.0397 e. The molecule has 2 rings (SSSR count). The van der Waals surface area contributed by atoms with Crippen molar-refractivity contribution in [1.82, 2.24) is 4.90 Å². The predicted octanol–water partition coefficient (Wildman–Crippen LogP) is 1.21. The summed E-state index contributed by atoms with van der Waals surface area (Å²) in [6.45, 7) is 7.35. The summed E-state index contributed by atoms with van der Waals surface area (Å²) in [5, 5.41) is 0. The summed E-state index contributed by atoms with van der Waals surface area (Å²) >= 11 is 0. The van der Waals surface area contributed by atoms with Crippen LogP contribution in [-0.4, -0.2) is 38.1 Å². The predicted molar refractivity (Wildman–Crippen MR) is 68.8 cm³/mol. The zero-order chi connectivity index (χ0) is 11.5. The van der Waals surface area contributed by atoms with Crippen LogP contribution in [0.1, 0.15) is 11.1 Å². The van der Waals surface area contributed by atoms with Gasteiger partial charge >= 0.3 is 0 Å². The molecule has 0 bridgehead atoms. The molecule has 0 spiro atoms. The minimum Gasteiger partial charge on any atom is -0.369 e. The van der Waals surface area contributed by atoms with E-state index in [1.54, 1.807) is 0 Å². The highest BCUT2D eigenvalue weighted by atomic mass is 15.2. The van der Waals surface area contributed by atoms with Gasteiger partial charge in [0.25, 0.3) is 0 Å². The first-order valence-corrected chi connectivity index (χ1v) is 5.94. The Balaban J connectivity index is 2.14. The topological polar surface area (TPSA) is 32.5 Å². The Morgan fingerprint density at radius 2 is 1.88 bits per heavy atom. The van der Waals surface area contributed by atoms with E-state index >= 15 is 0 Å². The van der Waals surface area contributed by atoms with Gasteiger partial charge in [0.1, 0.15) is 0 Å². The van der Waals surface area contributed by atoms with Crippen LogP contribution in [0.15, 0.2) is 18.2 Å². The molecule has 1 aromatic carbocycles. The minimum atomic E-state index is 0.629. The number of likely N-dealkylation sites (N-methyl/N-ethyl adjacent to an activating group) is 1. The summed E-state index contributed by atoms with van der Waals surface area (Å²) in [7, 11) is 2.18. The van der Waals surface area contributed by atoms with Crippen LogP contribution in [0.4, 0.5) is 5.69 Å². The van der Waals surface area contributed by atoms with Crippen molar-refractivity contribution in [3.8, 4) is 0 Å². The molecule has 1 aliphatic heterocycles. The number of anilines is 1. The van der Waals surface area contributed by atoms with E-state index in [-0.39, 0.29) is 0 Å². The number of rotatable bonds is 2. The van der Waals surface area contributed by atoms with Crippen molar-refractivity contribution < 1.29 is 0 Å². The van der Waals surface area contributed by atoms with Gasteiger partial charge in [-0.05, 0) is 31.2 Å². The first-order valence-electron chi connectivity index (χ1n) is 5.94.